The molecule has 0 aromatic carbocycles. The second-order valence-electron chi connectivity index (χ2n) is 5.41. The van der Waals surface area contributed by atoms with Crippen molar-refractivity contribution in [2.75, 3.05) is 37.7 Å². The van der Waals surface area contributed by atoms with Gasteiger partial charge in [0.1, 0.15) is 6.26 Å². The molecule has 2 aromatic rings. The fourth-order valence-corrected chi connectivity index (χ4v) is 2.78. The molecule has 1 amide bonds. The van der Waals surface area contributed by atoms with E-state index in [0.717, 1.165) is 24.3 Å². The minimum absolute atomic E-state index is 0.154. The molecule has 2 aliphatic heterocycles. The number of aromatic nitrogens is 2. The van der Waals surface area contributed by atoms with E-state index in [0.29, 0.717) is 38.5 Å². The summed E-state index contributed by atoms with van der Waals surface area (Å²) in [7, 11) is 0. The van der Waals surface area contributed by atoms with Crippen molar-refractivity contribution in [3.8, 4) is 0 Å². The summed E-state index contributed by atoms with van der Waals surface area (Å²) < 4.78 is 15.5. The lowest BCUT2D eigenvalue weighted by molar-refractivity contribution is 0.0692. The van der Waals surface area contributed by atoms with Crippen LogP contribution in [0.4, 0.5) is 5.82 Å². The predicted molar refractivity (Wildman–Crippen MR) is 74.5 cm³/mol. The van der Waals surface area contributed by atoms with Gasteiger partial charge in [-0.2, -0.15) is 0 Å². The van der Waals surface area contributed by atoms with E-state index in [1.807, 2.05) is 0 Å². The number of anilines is 1. The van der Waals surface area contributed by atoms with Crippen LogP contribution in [0, 0.1) is 0 Å². The Kier molecular flexibility index (Phi) is 3.30. The maximum Gasteiger partial charge on any atom is 0.292 e. The van der Waals surface area contributed by atoms with Crippen molar-refractivity contribution in [2.45, 2.75) is 13.0 Å². The molecular formula is C14H16N4O4. The van der Waals surface area contributed by atoms with Gasteiger partial charge < -0.3 is 23.6 Å². The molecule has 116 valence electrons. The smallest absolute Gasteiger partial charge is 0.292 e. The number of hydrogen-bond donors (Lipinski definition) is 0. The summed E-state index contributed by atoms with van der Waals surface area (Å²) in [6.45, 7) is 3.94. The topological polar surface area (TPSA) is 84.8 Å². The van der Waals surface area contributed by atoms with E-state index in [1.54, 1.807) is 17.2 Å². The maximum absolute atomic E-state index is 12.5. The summed E-state index contributed by atoms with van der Waals surface area (Å²) in [5.74, 6) is 0.801. The van der Waals surface area contributed by atoms with Crippen molar-refractivity contribution in [1.82, 2.24) is 15.2 Å². The Bertz CT molecular complexity index is 674. The first-order chi connectivity index (χ1) is 10.8. The number of rotatable bonds is 2. The largest absolute Gasteiger partial charge is 0.378 e. The molecule has 4 heterocycles. The third kappa shape index (κ3) is 2.35. The number of amides is 1. The zero-order valence-corrected chi connectivity index (χ0v) is 12.0. The summed E-state index contributed by atoms with van der Waals surface area (Å²) in [5, 5.41) is 7.93. The molecule has 2 aliphatic rings. The molecule has 0 aliphatic carbocycles. The van der Waals surface area contributed by atoms with Crippen LogP contribution in [0.25, 0.3) is 0 Å². The molecule has 8 nitrogen and oxygen atoms in total. The first kappa shape index (κ1) is 13.3. The van der Waals surface area contributed by atoms with Crippen LogP contribution in [0.2, 0.25) is 0 Å². The summed E-state index contributed by atoms with van der Waals surface area (Å²) in [6.07, 6.45) is 2.29. The first-order valence-electron chi connectivity index (χ1n) is 7.32. The van der Waals surface area contributed by atoms with Crippen LogP contribution < -0.4 is 4.90 Å². The molecule has 4 rings (SSSR count). The van der Waals surface area contributed by atoms with E-state index >= 15 is 0 Å². The van der Waals surface area contributed by atoms with Crippen LogP contribution in [0.3, 0.4) is 0 Å². The number of morpholine rings is 1. The monoisotopic (exact) mass is 304 g/mol. The van der Waals surface area contributed by atoms with E-state index in [2.05, 4.69) is 15.2 Å². The summed E-state index contributed by atoms with van der Waals surface area (Å²) in [4.78, 5) is 16.3. The zero-order chi connectivity index (χ0) is 14.9. The lowest BCUT2D eigenvalue weighted by Crippen LogP contribution is -2.36. The molecule has 8 heteroatoms. The highest BCUT2D eigenvalue weighted by atomic mass is 16.5. The molecule has 0 radical (unpaired) electrons. The minimum atomic E-state index is -0.154. The molecule has 0 atom stereocenters. The number of carbonyl (C=O) groups is 1. The highest BCUT2D eigenvalue weighted by Gasteiger charge is 2.27. The van der Waals surface area contributed by atoms with Crippen LogP contribution in [-0.4, -0.2) is 54.0 Å². The Morgan fingerprint density at radius 3 is 2.91 bits per heavy atom. The fourth-order valence-electron chi connectivity index (χ4n) is 2.78. The van der Waals surface area contributed by atoms with Gasteiger partial charge in [-0.25, -0.2) is 0 Å². The van der Waals surface area contributed by atoms with E-state index in [-0.39, 0.29) is 11.7 Å². The van der Waals surface area contributed by atoms with Gasteiger partial charge in [-0.05, 0) is 0 Å². The molecule has 0 unspecified atom stereocenters. The molecule has 0 bridgehead atoms. The molecule has 2 aromatic heterocycles. The fraction of sp³-hybridized carbons (Fsp3) is 0.500. The number of hydrogen-bond acceptors (Lipinski definition) is 7. The second-order valence-corrected chi connectivity index (χ2v) is 5.41. The summed E-state index contributed by atoms with van der Waals surface area (Å²) >= 11 is 0. The van der Waals surface area contributed by atoms with Crippen LogP contribution in [0.1, 0.15) is 21.8 Å². The van der Waals surface area contributed by atoms with Gasteiger partial charge in [0.15, 0.2) is 5.82 Å². The van der Waals surface area contributed by atoms with Crippen LogP contribution in [-0.2, 0) is 17.7 Å². The third-order valence-corrected chi connectivity index (χ3v) is 4.04. The Labute approximate surface area is 126 Å². The van der Waals surface area contributed by atoms with Crippen molar-refractivity contribution in [1.29, 1.82) is 0 Å². The van der Waals surface area contributed by atoms with Crippen molar-refractivity contribution >= 4 is 11.7 Å². The molecule has 1 fully saturated rings. The van der Waals surface area contributed by atoms with Gasteiger partial charge in [0.05, 0.1) is 25.5 Å². The van der Waals surface area contributed by atoms with Gasteiger partial charge in [0.25, 0.3) is 5.91 Å². The Hall–Kier alpha value is -2.35. The number of ether oxygens (including phenoxy) is 1. The van der Waals surface area contributed by atoms with Crippen LogP contribution in [0.15, 0.2) is 21.4 Å². The molecule has 22 heavy (non-hydrogen) atoms. The second kappa shape index (κ2) is 5.45. The number of carbonyl (C=O) groups excluding carboxylic acids is 1. The lowest BCUT2D eigenvalue weighted by atomic mass is 10.1. The normalized spacial score (nSPS) is 18.4. The van der Waals surface area contributed by atoms with Crippen molar-refractivity contribution in [3.63, 3.8) is 0 Å². The van der Waals surface area contributed by atoms with Gasteiger partial charge in [-0.15, -0.1) is 0 Å². The molecule has 0 saturated carbocycles. The SMILES string of the molecule is O=C(c1cc(N2CCOCC2)no1)N1CCc2nocc2C1. The number of nitrogens with zero attached hydrogens (tertiary/aromatic N) is 4. The van der Waals surface area contributed by atoms with E-state index in [4.69, 9.17) is 13.8 Å². The Balaban J connectivity index is 1.48. The van der Waals surface area contributed by atoms with E-state index in [9.17, 15) is 4.79 Å². The standard InChI is InChI=1S/C14H16N4O4/c19-14(18-2-1-11-10(8-18)9-21-15-11)12-7-13(16-22-12)17-3-5-20-6-4-17/h7,9H,1-6,8H2. The van der Waals surface area contributed by atoms with Crippen LogP contribution >= 0.6 is 0 Å². The maximum atomic E-state index is 12.5. The van der Waals surface area contributed by atoms with Gasteiger partial charge in [0.2, 0.25) is 5.76 Å². The highest BCUT2D eigenvalue weighted by Crippen LogP contribution is 2.21. The van der Waals surface area contributed by atoms with E-state index < -0.39 is 0 Å². The Morgan fingerprint density at radius 2 is 2.05 bits per heavy atom. The predicted octanol–water partition coefficient (Wildman–Crippen LogP) is 0.698. The zero-order valence-electron chi connectivity index (χ0n) is 12.0. The summed E-state index contributed by atoms with van der Waals surface area (Å²) in [6, 6.07) is 1.71. The average Bonchev–Trinajstić information content (AvgIpc) is 3.23. The van der Waals surface area contributed by atoms with Crippen molar-refractivity contribution in [2.24, 2.45) is 0 Å². The highest BCUT2D eigenvalue weighted by molar-refractivity contribution is 5.92. The molecule has 0 N–H and O–H groups in total. The lowest BCUT2D eigenvalue weighted by Gasteiger charge is -2.26. The van der Waals surface area contributed by atoms with Crippen LogP contribution in [0.5, 0.6) is 0 Å². The average molecular weight is 304 g/mol. The van der Waals surface area contributed by atoms with Gasteiger partial charge in [-0.1, -0.05) is 10.3 Å². The molecular weight excluding hydrogens is 288 g/mol. The van der Waals surface area contributed by atoms with Gasteiger partial charge >= 0.3 is 0 Å². The van der Waals surface area contributed by atoms with E-state index in [1.165, 1.54) is 0 Å². The molecule has 1 saturated heterocycles. The number of fused-ring (bicyclic) bond motifs is 1. The summed E-state index contributed by atoms with van der Waals surface area (Å²) in [5.41, 5.74) is 1.88. The molecule has 0 spiro atoms. The van der Waals surface area contributed by atoms with Gasteiger partial charge in [-0.3, -0.25) is 4.79 Å². The van der Waals surface area contributed by atoms with Crippen molar-refractivity contribution in [3.05, 3.63) is 29.3 Å². The quantitative estimate of drug-likeness (QED) is 0.807. The Morgan fingerprint density at radius 1 is 1.18 bits per heavy atom. The first-order valence-corrected chi connectivity index (χ1v) is 7.32. The minimum Gasteiger partial charge on any atom is -0.378 e. The van der Waals surface area contributed by atoms with Gasteiger partial charge in [0, 0.05) is 37.7 Å². The third-order valence-electron chi connectivity index (χ3n) is 4.04. The van der Waals surface area contributed by atoms with Crippen molar-refractivity contribution < 1.29 is 18.6 Å².